The van der Waals surface area contributed by atoms with Crippen LogP contribution in [-0.2, 0) is 6.18 Å². The largest absolute Gasteiger partial charge is 0.433 e. The minimum atomic E-state index is -4.55. The quantitative estimate of drug-likeness (QED) is 0.723. The lowest BCUT2D eigenvalue weighted by Crippen LogP contribution is -2.16. The number of nitrogens with two attached hydrogens (primary N) is 1. The van der Waals surface area contributed by atoms with Gasteiger partial charge in [0, 0.05) is 0 Å². The van der Waals surface area contributed by atoms with Crippen molar-refractivity contribution in [3.63, 3.8) is 0 Å². The molecule has 1 heterocycles. The Morgan fingerprint density at radius 2 is 2.00 bits per heavy atom. The molecule has 2 N–H and O–H groups in total. The fourth-order valence-electron chi connectivity index (χ4n) is 0.730. The van der Waals surface area contributed by atoms with E-state index >= 15 is 0 Å². The van der Waals surface area contributed by atoms with Crippen LogP contribution in [0.1, 0.15) is 16.2 Å². The monoisotopic (exact) mass is 190 g/mol. The van der Waals surface area contributed by atoms with Crippen molar-refractivity contribution in [1.29, 1.82) is 0 Å². The van der Waals surface area contributed by atoms with Crippen molar-refractivity contribution in [1.82, 2.24) is 4.98 Å². The molecule has 0 atom stereocenters. The van der Waals surface area contributed by atoms with E-state index in [4.69, 9.17) is 5.73 Å². The topological polar surface area (TPSA) is 56.0 Å². The lowest BCUT2D eigenvalue weighted by Gasteiger charge is -2.05. The molecule has 0 aliphatic heterocycles. The molecule has 1 rings (SSSR count). The molecule has 13 heavy (non-hydrogen) atoms. The Morgan fingerprint density at radius 3 is 2.46 bits per heavy atom. The summed E-state index contributed by atoms with van der Waals surface area (Å²) in [4.78, 5) is 13.5. The number of amides is 1. The van der Waals surface area contributed by atoms with E-state index in [2.05, 4.69) is 4.98 Å². The van der Waals surface area contributed by atoms with Gasteiger partial charge in [0.1, 0.15) is 11.4 Å². The van der Waals surface area contributed by atoms with Gasteiger partial charge >= 0.3 is 6.18 Å². The van der Waals surface area contributed by atoms with Crippen LogP contribution in [0.3, 0.4) is 0 Å². The third-order valence-electron chi connectivity index (χ3n) is 1.29. The average molecular weight is 190 g/mol. The normalized spacial score (nSPS) is 11.3. The first-order valence-corrected chi connectivity index (χ1v) is 3.25. The smallest absolute Gasteiger partial charge is 0.364 e. The molecular formula is C7H5F3N2O. The van der Waals surface area contributed by atoms with Crippen LogP contribution in [0.25, 0.3) is 0 Å². The molecule has 6 heteroatoms. The van der Waals surface area contributed by atoms with Gasteiger partial charge in [0.25, 0.3) is 5.91 Å². The van der Waals surface area contributed by atoms with Gasteiger partial charge in [-0.25, -0.2) is 4.98 Å². The van der Waals surface area contributed by atoms with E-state index in [9.17, 15) is 18.0 Å². The number of hydrogen-bond donors (Lipinski definition) is 1. The number of alkyl halides is 3. The zero-order valence-electron chi connectivity index (χ0n) is 6.30. The first-order valence-electron chi connectivity index (χ1n) is 3.25. The molecule has 0 aliphatic rings. The van der Waals surface area contributed by atoms with Crippen LogP contribution in [0.15, 0.2) is 18.2 Å². The minimum absolute atomic E-state index is 0.394. The van der Waals surface area contributed by atoms with E-state index in [1.807, 2.05) is 0 Å². The Labute approximate surface area is 71.4 Å². The van der Waals surface area contributed by atoms with Crippen LogP contribution >= 0.6 is 0 Å². The SMILES string of the molecule is NC(=O)c1cccc(C(F)(F)F)n1. The van der Waals surface area contributed by atoms with E-state index < -0.39 is 23.5 Å². The van der Waals surface area contributed by atoms with Crippen molar-refractivity contribution >= 4 is 5.91 Å². The zero-order valence-corrected chi connectivity index (χ0v) is 6.30. The zero-order chi connectivity index (χ0) is 10.1. The third kappa shape index (κ3) is 2.17. The maximum absolute atomic E-state index is 12.0. The third-order valence-corrected chi connectivity index (χ3v) is 1.29. The highest BCUT2D eigenvalue weighted by atomic mass is 19.4. The van der Waals surface area contributed by atoms with Crippen molar-refractivity contribution in [3.8, 4) is 0 Å². The number of nitrogens with zero attached hydrogens (tertiary/aromatic N) is 1. The van der Waals surface area contributed by atoms with Gasteiger partial charge in [-0.2, -0.15) is 13.2 Å². The van der Waals surface area contributed by atoms with E-state index in [0.717, 1.165) is 18.2 Å². The molecule has 0 unspecified atom stereocenters. The van der Waals surface area contributed by atoms with E-state index in [1.54, 1.807) is 0 Å². The van der Waals surface area contributed by atoms with Crippen LogP contribution < -0.4 is 5.73 Å². The van der Waals surface area contributed by atoms with Gasteiger partial charge in [0.15, 0.2) is 0 Å². The van der Waals surface area contributed by atoms with Gasteiger partial charge in [-0.05, 0) is 12.1 Å². The average Bonchev–Trinajstić information content (AvgIpc) is 2.03. The summed E-state index contributed by atoms with van der Waals surface area (Å²) < 4.78 is 36.1. The molecule has 70 valence electrons. The van der Waals surface area contributed by atoms with Crippen molar-refractivity contribution < 1.29 is 18.0 Å². The minimum Gasteiger partial charge on any atom is -0.364 e. The van der Waals surface area contributed by atoms with Crippen molar-refractivity contribution in [3.05, 3.63) is 29.6 Å². The van der Waals surface area contributed by atoms with Crippen LogP contribution in [-0.4, -0.2) is 10.9 Å². The fourth-order valence-corrected chi connectivity index (χ4v) is 0.730. The molecule has 0 saturated carbocycles. The number of carbonyl (C=O) groups is 1. The Kier molecular flexibility index (Phi) is 2.22. The van der Waals surface area contributed by atoms with Gasteiger partial charge in [0.05, 0.1) is 0 Å². The second kappa shape index (κ2) is 3.04. The van der Waals surface area contributed by atoms with Gasteiger partial charge < -0.3 is 5.73 Å². The van der Waals surface area contributed by atoms with Crippen molar-refractivity contribution in [2.45, 2.75) is 6.18 Å². The Bertz CT molecular complexity index is 335. The lowest BCUT2D eigenvalue weighted by molar-refractivity contribution is -0.141. The van der Waals surface area contributed by atoms with Crippen LogP contribution in [0.5, 0.6) is 0 Å². The Morgan fingerprint density at radius 1 is 1.38 bits per heavy atom. The highest BCUT2D eigenvalue weighted by Crippen LogP contribution is 2.27. The highest BCUT2D eigenvalue weighted by Gasteiger charge is 2.32. The fraction of sp³-hybridized carbons (Fsp3) is 0.143. The van der Waals surface area contributed by atoms with Crippen molar-refractivity contribution in [2.75, 3.05) is 0 Å². The number of primary amides is 1. The Balaban J connectivity index is 3.13. The molecule has 0 saturated heterocycles. The number of rotatable bonds is 1. The Hall–Kier alpha value is -1.59. The van der Waals surface area contributed by atoms with Gasteiger partial charge in [-0.15, -0.1) is 0 Å². The van der Waals surface area contributed by atoms with Gasteiger partial charge in [0.2, 0.25) is 0 Å². The second-order valence-corrected chi connectivity index (χ2v) is 2.27. The molecule has 3 nitrogen and oxygen atoms in total. The van der Waals surface area contributed by atoms with E-state index in [1.165, 1.54) is 0 Å². The molecule has 1 aromatic rings. The molecule has 0 fully saturated rings. The summed E-state index contributed by atoms with van der Waals surface area (Å²) in [5.41, 5.74) is 3.24. The first-order chi connectivity index (χ1) is 5.91. The standard InChI is InChI=1S/C7H5F3N2O/c8-7(9,10)5-3-1-2-4(12-5)6(11)13/h1-3H,(H2,11,13). The number of hydrogen-bond acceptors (Lipinski definition) is 2. The number of halogens is 3. The van der Waals surface area contributed by atoms with Crippen LogP contribution in [0, 0.1) is 0 Å². The molecule has 0 aromatic carbocycles. The molecule has 0 aliphatic carbocycles. The number of aromatic nitrogens is 1. The van der Waals surface area contributed by atoms with Gasteiger partial charge in [-0.1, -0.05) is 6.07 Å². The predicted octanol–water partition coefficient (Wildman–Crippen LogP) is 1.20. The summed E-state index contributed by atoms with van der Waals surface area (Å²) in [5.74, 6) is -0.980. The lowest BCUT2D eigenvalue weighted by atomic mass is 10.3. The number of carbonyl (C=O) groups excluding carboxylic acids is 1. The summed E-state index contributed by atoms with van der Waals surface area (Å²) >= 11 is 0. The molecule has 0 spiro atoms. The molecule has 1 amide bonds. The van der Waals surface area contributed by atoms with Crippen LogP contribution in [0.2, 0.25) is 0 Å². The summed E-state index contributed by atoms with van der Waals surface area (Å²) in [6.45, 7) is 0. The van der Waals surface area contributed by atoms with E-state index in [-0.39, 0.29) is 0 Å². The molecule has 1 aromatic heterocycles. The molecular weight excluding hydrogens is 185 g/mol. The first kappa shape index (κ1) is 9.50. The number of pyridine rings is 1. The highest BCUT2D eigenvalue weighted by molar-refractivity contribution is 5.90. The predicted molar refractivity (Wildman–Crippen MR) is 37.8 cm³/mol. The van der Waals surface area contributed by atoms with Crippen molar-refractivity contribution in [2.24, 2.45) is 5.73 Å². The summed E-state index contributed by atoms with van der Waals surface area (Å²) in [7, 11) is 0. The molecule has 0 bridgehead atoms. The second-order valence-electron chi connectivity index (χ2n) is 2.27. The van der Waals surface area contributed by atoms with Gasteiger partial charge in [-0.3, -0.25) is 4.79 Å². The summed E-state index contributed by atoms with van der Waals surface area (Å²) in [6.07, 6.45) is -4.55. The maximum Gasteiger partial charge on any atom is 0.433 e. The summed E-state index contributed by atoms with van der Waals surface area (Å²) in [6, 6.07) is 2.97. The molecule has 0 radical (unpaired) electrons. The summed E-state index contributed by atoms with van der Waals surface area (Å²) in [5, 5.41) is 0. The van der Waals surface area contributed by atoms with E-state index in [0.29, 0.717) is 0 Å². The van der Waals surface area contributed by atoms with Crippen LogP contribution in [0.4, 0.5) is 13.2 Å². The maximum atomic E-state index is 12.0.